The molecule has 1 rings (SSSR count). The summed E-state index contributed by atoms with van der Waals surface area (Å²) in [5.41, 5.74) is 0. The molecule has 1 N–H and O–H groups in total. The molecule has 1 aliphatic heterocycles. The molecule has 1 heterocycles. The van der Waals surface area contributed by atoms with Crippen LogP contribution in [0.1, 0.15) is 33.6 Å². The molecule has 0 bridgehead atoms. The van der Waals surface area contributed by atoms with Gasteiger partial charge >= 0.3 is 0 Å². The third-order valence-electron chi connectivity index (χ3n) is 2.48. The molecule has 0 radical (unpaired) electrons. The molecular weight excluding hydrogens is 150 g/mol. The van der Waals surface area contributed by atoms with Gasteiger partial charge in [-0.2, -0.15) is 0 Å². The monoisotopic (exact) mass is 171 g/mol. The molecule has 0 amide bonds. The summed E-state index contributed by atoms with van der Waals surface area (Å²) in [5, 5.41) is 3.40. The van der Waals surface area contributed by atoms with Gasteiger partial charge in [0.15, 0.2) is 0 Å². The molecule has 1 fully saturated rings. The van der Waals surface area contributed by atoms with E-state index in [4.69, 9.17) is 4.74 Å². The van der Waals surface area contributed by atoms with Crippen LogP contribution in [0.2, 0.25) is 0 Å². The SMILES string of the molecule is CCNCC1CC(C)OC(C)C1. The van der Waals surface area contributed by atoms with Crippen molar-refractivity contribution in [1.82, 2.24) is 5.32 Å². The minimum absolute atomic E-state index is 0.456. The zero-order valence-electron chi connectivity index (χ0n) is 8.47. The van der Waals surface area contributed by atoms with Crippen molar-refractivity contribution in [2.45, 2.75) is 45.8 Å². The lowest BCUT2D eigenvalue weighted by Gasteiger charge is -2.32. The van der Waals surface area contributed by atoms with E-state index in [1.165, 1.54) is 12.8 Å². The van der Waals surface area contributed by atoms with Crippen molar-refractivity contribution in [3.05, 3.63) is 0 Å². The average molecular weight is 171 g/mol. The van der Waals surface area contributed by atoms with Crippen LogP contribution in [0.25, 0.3) is 0 Å². The summed E-state index contributed by atoms with van der Waals surface area (Å²) >= 11 is 0. The van der Waals surface area contributed by atoms with Crippen LogP contribution in [-0.4, -0.2) is 25.3 Å². The van der Waals surface area contributed by atoms with Gasteiger partial charge in [-0.3, -0.25) is 0 Å². The predicted molar refractivity (Wildman–Crippen MR) is 51.3 cm³/mol. The Bertz CT molecular complexity index is 117. The Hall–Kier alpha value is -0.0800. The molecule has 12 heavy (non-hydrogen) atoms. The summed E-state index contributed by atoms with van der Waals surface area (Å²) < 4.78 is 5.67. The fourth-order valence-electron chi connectivity index (χ4n) is 2.06. The maximum absolute atomic E-state index is 5.67. The summed E-state index contributed by atoms with van der Waals surface area (Å²) in [5.74, 6) is 0.823. The predicted octanol–water partition coefficient (Wildman–Crippen LogP) is 1.80. The zero-order chi connectivity index (χ0) is 8.97. The lowest BCUT2D eigenvalue weighted by atomic mass is 9.92. The van der Waals surface area contributed by atoms with Gasteiger partial charge in [0, 0.05) is 0 Å². The molecule has 0 aromatic rings. The summed E-state index contributed by atoms with van der Waals surface area (Å²) in [7, 11) is 0. The number of nitrogens with one attached hydrogen (secondary N) is 1. The van der Waals surface area contributed by atoms with Gasteiger partial charge in [-0.05, 0) is 45.7 Å². The standard InChI is InChI=1S/C10H21NO/c1-4-11-7-10-5-8(2)12-9(3)6-10/h8-11H,4-7H2,1-3H3. The summed E-state index contributed by atoms with van der Waals surface area (Å²) in [6, 6.07) is 0. The van der Waals surface area contributed by atoms with Gasteiger partial charge in [0.2, 0.25) is 0 Å². The Morgan fingerprint density at radius 2 is 1.83 bits per heavy atom. The van der Waals surface area contributed by atoms with Gasteiger partial charge < -0.3 is 10.1 Å². The first-order valence-corrected chi connectivity index (χ1v) is 5.08. The maximum atomic E-state index is 5.67. The molecule has 2 unspecified atom stereocenters. The fourth-order valence-corrected chi connectivity index (χ4v) is 2.06. The van der Waals surface area contributed by atoms with Crippen molar-refractivity contribution in [3.63, 3.8) is 0 Å². The van der Waals surface area contributed by atoms with Gasteiger partial charge in [-0.15, -0.1) is 0 Å². The highest BCUT2D eigenvalue weighted by atomic mass is 16.5. The van der Waals surface area contributed by atoms with E-state index in [2.05, 4.69) is 26.1 Å². The number of hydrogen-bond donors (Lipinski definition) is 1. The lowest BCUT2D eigenvalue weighted by molar-refractivity contribution is -0.0514. The Kier molecular flexibility index (Phi) is 4.02. The minimum Gasteiger partial charge on any atom is -0.376 e. The van der Waals surface area contributed by atoms with E-state index in [0.717, 1.165) is 19.0 Å². The van der Waals surface area contributed by atoms with Gasteiger partial charge in [0.05, 0.1) is 12.2 Å². The number of rotatable bonds is 3. The molecule has 0 saturated carbocycles. The van der Waals surface area contributed by atoms with E-state index in [-0.39, 0.29) is 0 Å². The first-order valence-electron chi connectivity index (χ1n) is 5.08. The van der Waals surface area contributed by atoms with Crippen LogP contribution in [-0.2, 0) is 4.74 Å². The molecule has 2 heteroatoms. The van der Waals surface area contributed by atoms with Crippen molar-refractivity contribution >= 4 is 0 Å². The molecule has 0 aromatic carbocycles. The second-order valence-electron chi connectivity index (χ2n) is 3.90. The minimum atomic E-state index is 0.456. The first kappa shape index (κ1) is 10.0. The summed E-state index contributed by atoms with van der Waals surface area (Å²) in [6.07, 6.45) is 3.35. The van der Waals surface area contributed by atoms with Crippen molar-refractivity contribution in [2.75, 3.05) is 13.1 Å². The van der Waals surface area contributed by atoms with E-state index < -0.39 is 0 Å². The zero-order valence-corrected chi connectivity index (χ0v) is 8.47. The van der Waals surface area contributed by atoms with Crippen molar-refractivity contribution < 1.29 is 4.74 Å². The molecule has 0 spiro atoms. The second kappa shape index (κ2) is 4.83. The van der Waals surface area contributed by atoms with E-state index in [1.807, 2.05) is 0 Å². The molecule has 1 saturated heterocycles. The molecular formula is C10H21NO. The van der Waals surface area contributed by atoms with Gasteiger partial charge in [-0.1, -0.05) is 6.92 Å². The van der Waals surface area contributed by atoms with Crippen molar-refractivity contribution in [3.8, 4) is 0 Å². The van der Waals surface area contributed by atoms with Gasteiger partial charge in [0.1, 0.15) is 0 Å². The van der Waals surface area contributed by atoms with Crippen molar-refractivity contribution in [1.29, 1.82) is 0 Å². The maximum Gasteiger partial charge on any atom is 0.0553 e. The molecule has 1 aliphatic rings. The Labute approximate surface area is 75.7 Å². The van der Waals surface area contributed by atoms with Crippen LogP contribution in [0.5, 0.6) is 0 Å². The largest absolute Gasteiger partial charge is 0.376 e. The van der Waals surface area contributed by atoms with Gasteiger partial charge in [-0.25, -0.2) is 0 Å². The van der Waals surface area contributed by atoms with Crippen LogP contribution >= 0.6 is 0 Å². The van der Waals surface area contributed by atoms with Crippen LogP contribution < -0.4 is 5.32 Å². The average Bonchev–Trinajstić information content (AvgIpc) is 1.99. The fraction of sp³-hybridized carbons (Fsp3) is 1.00. The lowest BCUT2D eigenvalue weighted by Crippen LogP contribution is -2.34. The van der Waals surface area contributed by atoms with E-state index >= 15 is 0 Å². The Balaban J connectivity index is 2.24. The van der Waals surface area contributed by atoms with Crippen LogP contribution in [0, 0.1) is 5.92 Å². The molecule has 0 aliphatic carbocycles. The highest BCUT2D eigenvalue weighted by molar-refractivity contribution is 4.74. The Morgan fingerprint density at radius 1 is 1.25 bits per heavy atom. The molecule has 72 valence electrons. The molecule has 2 nitrogen and oxygen atoms in total. The topological polar surface area (TPSA) is 21.3 Å². The molecule has 0 aromatic heterocycles. The normalized spacial score (nSPS) is 36.8. The summed E-state index contributed by atoms with van der Waals surface area (Å²) in [6.45, 7) is 8.75. The van der Waals surface area contributed by atoms with Crippen molar-refractivity contribution in [2.24, 2.45) is 5.92 Å². The van der Waals surface area contributed by atoms with Crippen LogP contribution in [0.4, 0.5) is 0 Å². The highest BCUT2D eigenvalue weighted by Crippen LogP contribution is 2.23. The Morgan fingerprint density at radius 3 is 2.33 bits per heavy atom. The van der Waals surface area contributed by atoms with Gasteiger partial charge in [0.25, 0.3) is 0 Å². The van der Waals surface area contributed by atoms with E-state index in [1.54, 1.807) is 0 Å². The first-order chi connectivity index (χ1) is 5.72. The smallest absolute Gasteiger partial charge is 0.0553 e. The third-order valence-corrected chi connectivity index (χ3v) is 2.48. The van der Waals surface area contributed by atoms with E-state index in [0.29, 0.717) is 12.2 Å². The van der Waals surface area contributed by atoms with Crippen LogP contribution in [0.3, 0.4) is 0 Å². The quantitative estimate of drug-likeness (QED) is 0.699. The highest BCUT2D eigenvalue weighted by Gasteiger charge is 2.23. The number of hydrogen-bond acceptors (Lipinski definition) is 2. The second-order valence-corrected chi connectivity index (χ2v) is 3.90. The van der Waals surface area contributed by atoms with E-state index in [9.17, 15) is 0 Å². The number of ether oxygens (including phenoxy) is 1. The molecule has 2 atom stereocenters. The summed E-state index contributed by atoms with van der Waals surface area (Å²) in [4.78, 5) is 0. The van der Waals surface area contributed by atoms with Crippen LogP contribution in [0.15, 0.2) is 0 Å². The third kappa shape index (κ3) is 3.11.